The Kier molecular flexibility index (Phi) is 2.10. The van der Waals surface area contributed by atoms with Gasteiger partial charge in [0, 0.05) is 11.4 Å². The molecule has 0 bridgehead atoms. The SMILES string of the molecule is CC(C)c1cc(C(=O)O)c(C2CC2)[nH]1. The monoisotopic (exact) mass is 193 g/mol. The van der Waals surface area contributed by atoms with Crippen LogP contribution in [-0.2, 0) is 0 Å². The summed E-state index contributed by atoms with van der Waals surface area (Å²) in [4.78, 5) is 14.2. The van der Waals surface area contributed by atoms with E-state index in [0.717, 1.165) is 24.2 Å². The number of carboxylic acid groups (broad SMARTS) is 1. The van der Waals surface area contributed by atoms with Crippen molar-refractivity contribution in [2.75, 3.05) is 0 Å². The number of carbonyl (C=O) groups is 1. The third kappa shape index (κ3) is 1.54. The first-order chi connectivity index (χ1) is 6.59. The first kappa shape index (κ1) is 9.31. The third-order valence-corrected chi connectivity index (χ3v) is 2.71. The molecule has 0 amide bonds. The molecule has 1 aliphatic rings. The minimum absolute atomic E-state index is 0.362. The van der Waals surface area contributed by atoms with E-state index in [1.807, 2.05) is 0 Å². The second-order valence-electron chi connectivity index (χ2n) is 4.29. The number of hydrogen-bond donors (Lipinski definition) is 2. The van der Waals surface area contributed by atoms with Gasteiger partial charge in [-0.25, -0.2) is 4.79 Å². The van der Waals surface area contributed by atoms with Gasteiger partial charge in [0.15, 0.2) is 0 Å². The lowest BCUT2D eigenvalue weighted by molar-refractivity contribution is 0.0696. The van der Waals surface area contributed by atoms with Crippen molar-refractivity contribution < 1.29 is 9.90 Å². The molecule has 2 rings (SSSR count). The lowest BCUT2D eigenvalue weighted by Crippen LogP contribution is -1.98. The maximum absolute atomic E-state index is 11.0. The standard InChI is InChI=1S/C11H15NO2/c1-6(2)9-5-8(11(13)14)10(12-9)7-3-4-7/h5-7,12H,3-4H2,1-2H3,(H,13,14). The molecule has 0 unspecified atom stereocenters. The highest BCUT2D eigenvalue weighted by Crippen LogP contribution is 2.41. The number of carboxylic acids is 1. The van der Waals surface area contributed by atoms with E-state index in [0.29, 0.717) is 17.4 Å². The molecule has 3 heteroatoms. The molecular weight excluding hydrogens is 178 g/mol. The van der Waals surface area contributed by atoms with E-state index in [4.69, 9.17) is 5.11 Å². The Morgan fingerprint density at radius 3 is 2.64 bits per heavy atom. The second kappa shape index (κ2) is 3.15. The number of hydrogen-bond acceptors (Lipinski definition) is 1. The van der Waals surface area contributed by atoms with Crippen molar-refractivity contribution in [1.82, 2.24) is 4.98 Å². The van der Waals surface area contributed by atoms with Gasteiger partial charge in [-0.05, 0) is 30.7 Å². The molecule has 0 aliphatic heterocycles. The summed E-state index contributed by atoms with van der Waals surface area (Å²) < 4.78 is 0. The fourth-order valence-electron chi connectivity index (χ4n) is 1.67. The summed E-state index contributed by atoms with van der Waals surface area (Å²) in [5, 5.41) is 9.02. The van der Waals surface area contributed by atoms with Gasteiger partial charge < -0.3 is 10.1 Å². The van der Waals surface area contributed by atoms with Crippen molar-refractivity contribution in [1.29, 1.82) is 0 Å². The van der Waals surface area contributed by atoms with Crippen LogP contribution >= 0.6 is 0 Å². The first-order valence-electron chi connectivity index (χ1n) is 5.05. The lowest BCUT2D eigenvalue weighted by Gasteiger charge is -1.99. The lowest BCUT2D eigenvalue weighted by atomic mass is 10.1. The van der Waals surface area contributed by atoms with E-state index in [1.54, 1.807) is 6.07 Å². The molecule has 3 nitrogen and oxygen atoms in total. The topological polar surface area (TPSA) is 53.1 Å². The van der Waals surface area contributed by atoms with Crippen LogP contribution in [0.2, 0.25) is 0 Å². The van der Waals surface area contributed by atoms with Crippen LogP contribution in [0.25, 0.3) is 0 Å². The summed E-state index contributed by atoms with van der Waals surface area (Å²) in [6.07, 6.45) is 2.25. The molecule has 0 atom stereocenters. The van der Waals surface area contributed by atoms with Crippen molar-refractivity contribution in [2.24, 2.45) is 0 Å². The van der Waals surface area contributed by atoms with Gasteiger partial charge in [0.05, 0.1) is 5.56 Å². The Hall–Kier alpha value is -1.25. The van der Waals surface area contributed by atoms with Crippen LogP contribution in [0.3, 0.4) is 0 Å². The number of rotatable bonds is 3. The van der Waals surface area contributed by atoms with Crippen LogP contribution in [0.15, 0.2) is 6.07 Å². The number of H-pyrrole nitrogens is 1. The molecule has 1 aromatic heterocycles. The fraction of sp³-hybridized carbons (Fsp3) is 0.545. The smallest absolute Gasteiger partial charge is 0.337 e. The maximum Gasteiger partial charge on any atom is 0.337 e. The van der Waals surface area contributed by atoms with Gasteiger partial charge >= 0.3 is 5.97 Å². The zero-order valence-corrected chi connectivity index (χ0v) is 8.50. The normalized spacial score (nSPS) is 16.2. The van der Waals surface area contributed by atoms with Gasteiger partial charge in [0.25, 0.3) is 0 Å². The largest absolute Gasteiger partial charge is 0.478 e. The van der Waals surface area contributed by atoms with Gasteiger partial charge in [-0.3, -0.25) is 0 Å². The van der Waals surface area contributed by atoms with E-state index in [9.17, 15) is 4.79 Å². The van der Waals surface area contributed by atoms with E-state index in [2.05, 4.69) is 18.8 Å². The molecule has 0 radical (unpaired) electrons. The first-order valence-corrected chi connectivity index (χ1v) is 5.05. The number of aromatic carboxylic acids is 1. The molecular formula is C11H15NO2. The number of nitrogens with one attached hydrogen (secondary N) is 1. The van der Waals surface area contributed by atoms with E-state index < -0.39 is 5.97 Å². The molecule has 1 aliphatic carbocycles. The molecule has 0 saturated heterocycles. The fourth-order valence-corrected chi connectivity index (χ4v) is 1.67. The second-order valence-corrected chi connectivity index (χ2v) is 4.29. The quantitative estimate of drug-likeness (QED) is 0.775. The maximum atomic E-state index is 11.0. The van der Waals surface area contributed by atoms with Crippen LogP contribution in [0.4, 0.5) is 0 Å². The molecule has 1 heterocycles. The average molecular weight is 193 g/mol. The third-order valence-electron chi connectivity index (χ3n) is 2.71. The predicted octanol–water partition coefficient (Wildman–Crippen LogP) is 2.71. The molecule has 14 heavy (non-hydrogen) atoms. The highest BCUT2D eigenvalue weighted by Gasteiger charge is 2.30. The molecule has 0 spiro atoms. The van der Waals surface area contributed by atoms with E-state index >= 15 is 0 Å². The van der Waals surface area contributed by atoms with Crippen molar-refractivity contribution >= 4 is 5.97 Å². The van der Waals surface area contributed by atoms with Crippen molar-refractivity contribution in [2.45, 2.75) is 38.5 Å². The number of aromatic nitrogens is 1. The van der Waals surface area contributed by atoms with Gasteiger partial charge in [-0.15, -0.1) is 0 Å². The van der Waals surface area contributed by atoms with Gasteiger partial charge in [0.1, 0.15) is 0 Å². The Labute approximate surface area is 83.1 Å². The molecule has 1 aromatic rings. The van der Waals surface area contributed by atoms with Crippen molar-refractivity contribution in [3.8, 4) is 0 Å². The Bertz CT molecular complexity index is 361. The van der Waals surface area contributed by atoms with Gasteiger partial charge in [0.2, 0.25) is 0 Å². The summed E-state index contributed by atoms with van der Waals surface area (Å²) >= 11 is 0. The molecule has 2 N–H and O–H groups in total. The average Bonchev–Trinajstić information content (AvgIpc) is 2.83. The molecule has 1 saturated carbocycles. The Morgan fingerprint density at radius 2 is 2.21 bits per heavy atom. The minimum Gasteiger partial charge on any atom is -0.478 e. The van der Waals surface area contributed by atoms with Gasteiger partial charge in [-0.1, -0.05) is 13.8 Å². The zero-order valence-electron chi connectivity index (χ0n) is 8.50. The highest BCUT2D eigenvalue weighted by molar-refractivity contribution is 5.89. The van der Waals surface area contributed by atoms with Crippen molar-refractivity contribution in [3.63, 3.8) is 0 Å². The molecule has 76 valence electrons. The van der Waals surface area contributed by atoms with Crippen LogP contribution < -0.4 is 0 Å². The summed E-state index contributed by atoms with van der Waals surface area (Å²) in [5.74, 6) is 0.0178. The van der Waals surface area contributed by atoms with Crippen LogP contribution in [-0.4, -0.2) is 16.1 Å². The summed E-state index contributed by atoms with van der Waals surface area (Å²) in [5.41, 5.74) is 2.43. The summed E-state index contributed by atoms with van der Waals surface area (Å²) in [6.45, 7) is 4.13. The summed E-state index contributed by atoms with van der Waals surface area (Å²) in [6, 6.07) is 1.78. The molecule has 0 aromatic carbocycles. The van der Waals surface area contributed by atoms with E-state index in [-0.39, 0.29) is 0 Å². The molecule has 1 fully saturated rings. The van der Waals surface area contributed by atoms with Crippen LogP contribution in [0.5, 0.6) is 0 Å². The van der Waals surface area contributed by atoms with Crippen molar-refractivity contribution in [3.05, 3.63) is 23.0 Å². The summed E-state index contributed by atoms with van der Waals surface area (Å²) in [7, 11) is 0. The van der Waals surface area contributed by atoms with E-state index in [1.165, 1.54) is 0 Å². The zero-order chi connectivity index (χ0) is 10.3. The minimum atomic E-state index is -0.810. The number of aromatic amines is 1. The highest BCUT2D eigenvalue weighted by atomic mass is 16.4. The Morgan fingerprint density at radius 1 is 1.57 bits per heavy atom. The van der Waals surface area contributed by atoms with Crippen LogP contribution in [0.1, 0.15) is 60.3 Å². The van der Waals surface area contributed by atoms with Crippen LogP contribution in [0, 0.1) is 0 Å². The Balaban J connectivity index is 2.40. The predicted molar refractivity (Wildman–Crippen MR) is 53.8 cm³/mol. The van der Waals surface area contributed by atoms with Gasteiger partial charge in [-0.2, -0.15) is 0 Å².